The van der Waals surface area contributed by atoms with Crippen molar-refractivity contribution in [2.45, 2.75) is 6.92 Å². The number of benzene rings is 1. The van der Waals surface area contributed by atoms with Crippen molar-refractivity contribution in [3.63, 3.8) is 0 Å². The SMILES string of the molecule is CNC(=O)c1ccc(N)c(N)c1C. The molecule has 1 aromatic rings. The molecule has 0 aliphatic heterocycles. The molecule has 4 nitrogen and oxygen atoms in total. The average Bonchev–Trinajstić information content (AvgIpc) is 2.13. The Morgan fingerprint density at radius 1 is 1.38 bits per heavy atom. The van der Waals surface area contributed by atoms with Gasteiger partial charge in [0.15, 0.2) is 0 Å². The number of carbonyl (C=O) groups is 1. The Labute approximate surface area is 76.9 Å². The predicted octanol–water partition coefficient (Wildman–Crippen LogP) is 0.519. The lowest BCUT2D eigenvalue weighted by Crippen LogP contribution is -2.19. The van der Waals surface area contributed by atoms with Crippen LogP contribution in [0, 0.1) is 6.92 Å². The van der Waals surface area contributed by atoms with Gasteiger partial charge >= 0.3 is 0 Å². The second-order valence-corrected chi connectivity index (χ2v) is 2.82. The van der Waals surface area contributed by atoms with E-state index < -0.39 is 0 Å². The van der Waals surface area contributed by atoms with E-state index in [1.807, 2.05) is 0 Å². The maximum atomic E-state index is 11.3. The Balaban J connectivity index is 3.26. The maximum Gasteiger partial charge on any atom is 0.251 e. The van der Waals surface area contributed by atoms with Crippen molar-refractivity contribution in [2.24, 2.45) is 0 Å². The van der Waals surface area contributed by atoms with Crippen LogP contribution in [0.2, 0.25) is 0 Å². The van der Waals surface area contributed by atoms with Crippen molar-refractivity contribution in [1.82, 2.24) is 5.32 Å². The zero-order chi connectivity index (χ0) is 10.0. The van der Waals surface area contributed by atoms with E-state index in [2.05, 4.69) is 5.32 Å². The van der Waals surface area contributed by atoms with Gasteiger partial charge in [-0.1, -0.05) is 0 Å². The normalized spacial score (nSPS) is 9.69. The minimum atomic E-state index is -0.149. The van der Waals surface area contributed by atoms with Gasteiger partial charge in [0.1, 0.15) is 0 Å². The van der Waals surface area contributed by atoms with Gasteiger partial charge in [-0.15, -0.1) is 0 Å². The van der Waals surface area contributed by atoms with Gasteiger partial charge in [-0.05, 0) is 24.6 Å². The highest BCUT2D eigenvalue weighted by Gasteiger charge is 2.10. The third-order valence-electron chi connectivity index (χ3n) is 2.02. The number of nitrogen functional groups attached to an aromatic ring is 2. The molecule has 0 bridgehead atoms. The molecule has 5 N–H and O–H groups in total. The standard InChI is InChI=1S/C9H13N3O/c1-5-6(9(13)12-2)3-4-7(10)8(5)11/h3-4H,10-11H2,1-2H3,(H,12,13). The van der Waals surface area contributed by atoms with Gasteiger partial charge in [0.05, 0.1) is 11.4 Å². The third-order valence-corrected chi connectivity index (χ3v) is 2.02. The van der Waals surface area contributed by atoms with Gasteiger partial charge in [-0.2, -0.15) is 0 Å². The summed E-state index contributed by atoms with van der Waals surface area (Å²) < 4.78 is 0. The topological polar surface area (TPSA) is 81.1 Å². The fourth-order valence-electron chi connectivity index (χ4n) is 1.13. The monoisotopic (exact) mass is 179 g/mol. The first-order valence-electron chi connectivity index (χ1n) is 3.94. The molecule has 0 spiro atoms. The average molecular weight is 179 g/mol. The summed E-state index contributed by atoms with van der Waals surface area (Å²) in [5, 5.41) is 2.53. The Bertz CT molecular complexity index is 347. The third kappa shape index (κ3) is 1.56. The van der Waals surface area contributed by atoms with Crippen molar-refractivity contribution < 1.29 is 4.79 Å². The smallest absolute Gasteiger partial charge is 0.251 e. The first-order valence-corrected chi connectivity index (χ1v) is 3.94. The van der Waals surface area contributed by atoms with E-state index >= 15 is 0 Å². The second kappa shape index (κ2) is 3.35. The summed E-state index contributed by atoms with van der Waals surface area (Å²) in [6.07, 6.45) is 0. The lowest BCUT2D eigenvalue weighted by molar-refractivity contribution is 0.0962. The summed E-state index contributed by atoms with van der Waals surface area (Å²) in [7, 11) is 1.58. The van der Waals surface area contributed by atoms with Crippen LogP contribution >= 0.6 is 0 Å². The molecular weight excluding hydrogens is 166 g/mol. The van der Waals surface area contributed by atoms with Crippen LogP contribution < -0.4 is 16.8 Å². The number of hydrogen-bond donors (Lipinski definition) is 3. The highest BCUT2D eigenvalue weighted by atomic mass is 16.1. The number of nitrogens with one attached hydrogen (secondary N) is 1. The molecule has 1 amide bonds. The number of hydrogen-bond acceptors (Lipinski definition) is 3. The van der Waals surface area contributed by atoms with E-state index in [0.29, 0.717) is 16.9 Å². The Hall–Kier alpha value is -1.71. The highest BCUT2D eigenvalue weighted by molar-refractivity contribution is 5.97. The summed E-state index contributed by atoms with van der Waals surface area (Å²) in [6.45, 7) is 1.77. The zero-order valence-corrected chi connectivity index (χ0v) is 7.72. The maximum absolute atomic E-state index is 11.3. The molecule has 0 aliphatic carbocycles. The van der Waals surface area contributed by atoms with Gasteiger partial charge in [-0.25, -0.2) is 0 Å². The predicted molar refractivity (Wildman–Crippen MR) is 53.4 cm³/mol. The molecule has 13 heavy (non-hydrogen) atoms. The van der Waals surface area contributed by atoms with Crippen LogP contribution in [0.25, 0.3) is 0 Å². The molecule has 0 unspecified atom stereocenters. The van der Waals surface area contributed by atoms with Gasteiger partial charge in [0.25, 0.3) is 5.91 Å². The number of anilines is 2. The molecule has 0 saturated heterocycles. The van der Waals surface area contributed by atoms with Crippen molar-refractivity contribution in [3.05, 3.63) is 23.3 Å². The summed E-state index contributed by atoms with van der Waals surface area (Å²) in [6, 6.07) is 3.30. The van der Waals surface area contributed by atoms with Gasteiger partial charge in [0, 0.05) is 12.6 Å². The van der Waals surface area contributed by atoms with Gasteiger partial charge in [-0.3, -0.25) is 4.79 Å². The van der Waals surface area contributed by atoms with Crippen LogP contribution in [0.5, 0.6) is 0 Å². The van der Waals surface area contributed by atoms with E-state index in [0.717, 1.165) is 5.56 Å². The van der Waals surface area contributed by atoms with Gasteiger partial charge < -0.3 is 16.8 Å². The molecule has 0 aliphatic rings. The Morgan fingerprint density at radius 2 is 2.00 bits per heavy atom. The highest BCUT2D eigenvalue weighted by Crippen LogP contribution is 2.22. The zero-order valence-electron chi connectivity index (χ0n) is 7.72. The number of amides is 1. The van der Waals surface area contributed by atoms with Crippen molar-refractivity contribution in [1.29, 1.82) is 0 Å². The van der Waals surface area contributed by atoms with Crippen molar-refractivity contribution >= 4 is 17.3 Å². The quantitative estimate of drug-likeness (QED) is 0.550. The Morgan fingerprint density at radius 3 is 2.54 bits per heavy atom. The molecule has 4 heteroatoms. The van der Waals surface area contributed by atoms with E-state index in [1.54, 1.807) is 26.1 Å². The van der Waals surface area contributed by atoms with Crippen LogP contribution in [0.15, 0.2) is 12.1 Å². The second-order valence-electron chi connectivity index (χ2n) is 2.82. The number of nitrogens with two attached hydrogens (primary N) is 2. The van der Waals surface area contributed by atoms with E-state index in [9.17, 15) is 4.79 Å². The number of carbonyl (C=O) groups excluding carboxylic acids is 1. The first kappa shape index (κ1) is 9.38. The molecule has 0 heterocycles. The molecule has 0 atom stereocenters. The lowest BCUT2D eigenvalue weighted by Gasteiger charge is -2.08. The summed E-state index contributed by atoms with van der Waals surface area (Å²) in [5.41, 5.74) is 13.5. The molecule has 0 aromatic heterocycles. The fourth-order valence-corrected chi connectivity index (χ4v) is 1.13. The minimum Gasteiger partial charge on any atom is -0.397 e. The van der Waals surface area contributed by atoms with Crippen molar-refractivity contribution in [2.75, 3.05) is 18.5 Å². The molecule has 0 radical (unpaired) electrons. The molecular formula is C9H13N3O. The summed E-state index contributed by atoms with van der Waals surface area (Å²) in [5.74, 6) is -0.149. The Kier molecular flexibility index (Phi) is 2.41. The molecule has 1 rings (SSSR count). The van der Waals surface area contributed by atoms with Crippen molar-refractivity contribution in [3.8, 4) is 0 Å². The largest absolute Gasteiger partial charge is 0.397 e. The molecule has 0 fully saturated rings. The van der Waals surface area contributed by atoms with E-state index in [1.165, 1.54) is 0 Å². The van der Waals surface area contributed by atoms with Crippen LogP contribution in [-0.2, 0) is 0 Å². The van der Waals surface area contributed by atoms with E-state index in [4.69, 9.17) is 11.5 Å². The van der Waals surface area contributed by atoms with Crippen LogP contribution in [0.1, 0.15) is 15.9 Å². The summed E-state index contributed by atoms with van der Waals surface area (Å²) >= 11 is 0. The fraction of sp³-hybridized carbons (Fsp3) is 0.222. The van der Waals surface area contributed by atoms with E-state index in [-0.39, 0.29) is 5.91 Å². The summed E-state index contributed by atoms with van der Waals surface area (Å²) in [4.78, 5) is 11.3. The van der Waals surface area contributed by atoms with Crippen LogP contribution in [0.3, 0.4) is 0 Å². The number of rotatable bonds is 1. The molecule has 70 valence electrons. The first-order chi connectivity index (χ1) is 6.07. The van der Waals surface area contributed by atoms with Crippen LogP contribution in [-0.4, -0.2) is 13.0 Å². The minimum absolute atomic E-state index is 0.149. The van der Waals surface area contributed by atoms with Gasteiger partial charge in [0.2, 0.25) is 0 Å². The molecule has 1 aromatic carbocycles. The molecule has 0 saturated carbocycles. The van der Waals surface area contributed by atoms with Crippen LogP contribution in [0.4, 0.5) is 11.4 Å². The lowest BCUT2D eigenvalue weighted by atomic mass is 10.1.